The zero-order valence-electron chi connectivity index (χ0n) is 11.2. The number of amides is 1. The second-order valence-corrected chi connectivity index (χ2v) is 5.18. The third-order valence-electron chi connectivity index (χ3n) is 3.46. The fraction of sp³-hybridized carbons (Fsp3) is 0.286. The number of ether oxygens (including phenoxy) is 1. The first-order chi connectivity index (χ1) is 10.1. The van der Waals surface area contributed by atoms with Crippen molar-refractivity contribution in [1.29, 1.82) is 0 Å². The van der Waals surface area contributed by atoms with Gasteiger partial charge >= 0.3 is 5.97 Å². The Kier molecular flexibility index (Phi) is 3.47. The molecule has 2 heterocycles. The second kappa shape index (κ2) is 5.29. The van der Waals surface area contributed by atoms with Crippen molar-refractivity contribution >= 4 is 40.3 Å². The van der Waals surface area contributed by atoms with Gasteiger partial charge in [0.15, 0.2) is 0 Å². The Balaban J connectivity index is 1.94. The maximum atomic E-state index is 12.0. The normalized spacial score (nSPS) is 18.3. The van der Waals surface area contributed by atoms with Crippen LogP contribution in [0.25, 0.3) is 10.9 Å². The molecule has 1 aromatic carbocycles. The molecule has 0 N–H and O–H groups in total. The summed E-state index contributed by atoms with van der Waals surface area (Å²) in [6.45, 7) is 0.234. The van der Waals surface area contributed by atoms with Gasteiger partial charge in [-0.3, -0.25) is 14.5 Å². The lowest BCUT2D eigenvalue weighted by molar-refractivity contribution is -0.145. The average Bonchev–Trinajstić information content (AvgIpc) is 2.88. The first-order valence-electron chi connectivity index (χ1n) is 6.39. The number of anilines is 1. The average molecular weight is 306 g/mol. The van der Waals surface area contributed by atoms with Gasteiger partial charge in [0.1, 0.15) is 0 Å². The van der Waals surface area contributed by atoms with E-state index in [1.165, 1.54) is 12.0 Å². The van der Waals surface area contributed by atoms with E-state index in [9.17, 15) is 9.59 Å². The summed E-state index contributed by atoms with van der Waals surface area (Å²) < 4.78 is 4.68. The van der Waals surface area contributed by atoms with Gasteiger partial charge in [-0.15, -0.1) is 0 Å². The number of rotatable bonds is 2. The highest BCUT2D eigenvalue weighted by atomic mass is 35.5. The van der Waals surface area contributed by atoms with Crippen LogP contribution in [0.3, 0.4) is 0 Å². The lowest BCUT2D eigenvalue weighted by atomic mass is 10.1. The van der Waals surface area contributed by atoms with Crippen LogP contribution in [0.5, 0.6) is 0 Å². The van der Waals surface area contributed by atoms with E-state index < -0.39 is 11.9 Å². The van der Waals surface area contributed by atoms with Crippen molar-refractivity contribution < 1.29 is 14.3 Å². The number of benzene rings is 1. The van der Waals surface area contributed by atoms with Crippen molar-refractivity contribution in [1.82, 2.24) is 9.97 Å². The van der Waals surface area contributed by atoms with Gasteiger partial charge in [-0.1, -0.05) is 17.7 Å². The highest BCUT2D eigenvalue weighted by molar-refractivity contribution is 6.35. The Hall–Kier alpha value is -2.21. The molecule has 7 heteroatoms. The first kappa shape index (κ1) is 13.8. The van der Waals surface area contributed by atoms with E-state index in [1.54, 1.807) is 24.4 Å². The number of hydrogen-bond acceptors (Lipinski definition) is 5. The van der Waals surface area contributed by atoms with Gasteiger partial charge in [0.25, 0.3) is 0 Å². The number of aromatic nitrogens is 2. The standard InChI is InChI=1S/C14H12ClN3O3/c1-21-13(20)8-5-12(19)18(7-8)14-16-6-9-10(15)3-2-4-11(9)17-14/h2-4,6,8H,5,7H2,1H3. The SMILES string of the molecule is COC(=O)C1CC(=O)N(c2ncc3c(Cl)cccc3n2)C1. The van der Waals surface area contributed by atoms with Gasteiger partial charge in [-0.25, -0.2) is 9.97 Å². The predicted molar refractivity (Wildman–Crippen MR) is 77.0 cm³/mol. The van der Waals surface area contributed by atoms with E-state index in [0.29, 0.717) is 10.5 Å². The van der Waals surface area contributed by atoms with Crippen LogP contribution < -0.4 is 4.90 Å². The van der Waals surface area contributed by atoms with Crippen molar-refractivity contribution in [3.63, 3.8) is 0 Å². The molecule has 6 nitrogen and oxygen atoms in total. The third kappa shape index (κ3) is 2.42. The molecular weight excluding hydrogens is 294 g/mol. The molecular formula is C14H12ClN3O3. The van der Waals surface area contributed by atoms with Crippen LogP contribution in [0.2, 0.25) is 5.02 Å². The molecule has 1 fully saturated rings. The van der Waals surface area contributed by atoms with E-state index in [-0.39, 0.29) is 24.8 Å². The number of halogens is 1. The summed E-state index contributed by atoms with van der Waals surface area (Å²) >= 11 is 6.06. The quantitative estimate of drug-likeness (QED) is 0.791. The van der Waals surface area contributed by atoms with Crippen LogP contribution in [0.4, 0.5) is 5.95 Å². The van der Waals surface area contributed by atoms with Gasteiger partial charge in [0.05, 0.1) is 23.6 Å². The number of nitrogens with zero attached hydrogens (tertiary/aromatic N) is 3. The van der Waals surface area contributed by atoms with E-state index in [4.69, 9.17) is 11.6 Å². The Bertz CT molecular complexity index is 734. The summed E-state index contributed by atoms with van der Waals surface area (Å²) in [6.07, 6.45) is 1.70. The second-order valence-electron chi connectivity index (χ2n) is 4.77. The summed E-state index contributed by atoms with van der Waals surface area (Å²) in [5, 5.41) is 1.28. The molecule has 0 radical (unpaired) electrons. The smallest absolute Gasteiger partial charge is 0.311 e. The highest BCUT2D eigenvalue weighted by Crippen LogP contribution is 2.26. The summed E-state index contributed by atoms with van der Waals surface area (Å²) in [6, 6.07) is 5.33. The molecule has 0 spiro atoms. The number of methoxy groups -OCH3 is 1. The van der Waals surface area contributed by atoms with Crippen LogP contribution in [0.1, 0.15) is 6.42 Å². The first-order valence-corrected chi connectivity index (χ1v) is 6.77. The van der Waals surface area contributed by atoms with Gasteiger partial charge in [0.2, 0.25) is 11.9 Å². The topological polar surface area (TPSA) is 72.4 Å². The van der Waals surface area contributed by atoms with Crippen molar-refractivity contribution in [2.45, 2.75) is 6.42 Å². The fourth-order valence-electron chi connectivity index (χ4n) is 2.37. The minimum absolute atomic E-state index is 0.115. The van der Waals surface area contributed by atoms with E-state index in [0.717, 1.165) is 5.39 Å². The molecule has 3 rings (SSSR count). The fourth-order valence-corrected chi connectivity index (χ4v) is 2.58. The zero-order chi connectivity index (χ0) is 15.0. The number of hydrogen-bond donors (Lipinski definition) is 0. The van der Waals surface area contributed by atoms with Crippen LogP contribution in [-0.4, -0.2) is 35.5 Å². The van der Waals surface area contributed by atoms with E-state index in [2.05, 4.69) is 14.7 Å². The minimum atomic E-state index is -0.471. The summed E-state index contributed by atoms with van der Waals surface area (Å²) in [4.78, 5) is 33.5. The van der Waals surface area contributed by atoms with Gasteiger partial charge in [-0.2, -0.15) is 0 Å². The van der Waals surface area contributed by atoms with E-state index in [1.807, 2.05) is 0 Å². The summed E-state index contributed by atoms with van der Waals surface area (Å²) in [5.74, 6) is -0.774. The molecule has 1 saturated heterocycles. The monoisotopic (exact) mass is 305 g/mol. The Labute approximate surface area is 125 Å². The van der Waals surface area contributed by atoms with Crippen molar-refractivity contribution in [2.75, 3.05) is 18.6 Å². The highest BCUT2D eigenvalue weighted by Gasteiger charge is 2.37. The molecule has 0 saturated carbocycles. The zero-order valence-corrected chi connectivity index (χ0v) is 12.0. The molecule has 0 bridgehead atoms. The largest absolute Gasteiger partial charge is 0.469 e. The van der Waals surface area contributed by atoms with E-state index >= 15 is 0 Å². The van der Waals surface area contributed by atoms with Crippen molar-refractivity contribution in [3.05, 3.63) is 29.4 Å². The number of carbonyl (C=O) groups excluding carboxylic acids is 2. The van der Waals surface area contributed by atoms with Crippen LogP contribution in [-0.2, 0) is 14.3 Å². The van der Waals surface area contributed by atoms with Crippen LogP contribution >= 0.6 is 11.6 Å². The lowest BCUT2D eigenvalue weighted by Gasteiger charge is -2.14. The van der Waals surface area contributed by atoms with Crippen molar-refractivity contribution in [2.24, 2.45) is 5.92 Å². The molecule has 108 valence electrons. The molecule has 21 heavy (non-hydrogen) atoms. The molecule has 1 amide bonds. The molecule has 1 atom stereocenters. The van der Waals surface area contributed by atoms with Crippen LogP contribution in [0, 0.1) is 5.92 Å². The van der Waals surface area contributed by atoms with Gasteiger partial charge < -0.3 is 4.74 Å². The minimum Gasteiger partial charge on any atom is -0.469 e. The Morgan fingerprint density at radius 1 is 1.48 bits per heavy atom. The maximum absolute atomic E-state index is 12.0. The maximum Gasteiger partial charge on any atom is 0.311 e. The van der Waals surface area contributed by atoms with Gasteiger partial charge in [0, 0.05) is 24.5 Å². The molecule has 1 aromatic heterocycles. The molecule has 1 aliphatic heterocycles. The molecule has 1 aliphatic rings. The number of esters is 1. The third-order valence-corrected chi connectivity index (χ3v) is 3.79. The lowest BCUT2D eigenvalue weighted by Crippen LogP contribution is -2.27. The number of carbonyl (C=O) groups is 2. The Morgan fingerprint density at radius 3 is 3.05 bits per heavy atom. The molecule has 2 aromatic rings. The number of fused-ring (bicyclic) bond motifs is 1. The molecule has 0 aliphatic carbocycles. The molecule has 1 unspecified atom stereocenters. The van der Waals surface area contributed by atoms with Crippen LogP contribution in [0.15, 0.2) is 24.4 Å². The summed E-state index contributed by atoms with van der Waals surface area (Å²) in [7, 11) is 1.31. The van der Waals surface area contributed by atoms with Gasteiger partial charge in [-0.05, 0) is 12.1 Å². The Morgan fingerprint density at radius 2 is 2.29 bits per heavy atom. The summed E-state index contributed by atoms with van der Waals surface area (Å²) in [5.41, 5.74) is 0.654. The van der Waals surface area contributed by atoms with Crippen molar-refractivity contribution in [3.8, 4) is 0 Å². The predicted octanol–water partition coefficient (Wildman–Crippen LogP) is 1.81.